The van der Waals surface area contributed by atoms with Gasteiger partial charge in [-0.05, 0) is 54.2 Å². The van der Waals surface area contributed by atoms with Crippen LogP contribution < -0.4 is 9.88 Å². The standard InChI is InChI=1S/C24H30N4O5S/c1-15(2)19-6-5-7-20(21(19)14-24(29)30)17-8-10-26-22(12-17)33-11-9-18-13-23(34(25,31)32)27-28(18)16(3)4/h5-8,10,12-13,15-16H,9,11,14H2,1-4H3,(H,29,30)(H2,25,31,32). The van der Waals surface area contributed by atoms with Crippen molar-refractivity contribution in [3.63, 3.8) is 0 Å². The lowest BCUT2D eigenvalue weighted by Gasteiger charge is -2.17. The van der Waals surface area contributed by atoms with E-state index in [0.29, 0.717) is 18.0 Å². The molecule has 0 amide bonds. The maximum absolute atomic E-state index is 11.7. The topological polar surface area (TPSA) is 137 Å². The molecule has 0 atom stereocenters. The smallest absolute Gasteiger partial charge is 0.307 e. The van der Waals surface area contributed by atoms with Gasteiger partial charge < -0.3 is 9.84 Å². The molecule has 182 valence electrons. The zero-order valence-electron chi connectivity index (χ0n) is 19.7. The fourth-order valence-corrected chi connectivity index (χ4v) is 4.36. The molecule has 0 spiro atoms. The normalized spacial score (nSPS) is 11.9. The Morgan fingerprint density at radius 1 is 1.18 bits per heavy atom. The average Bonchev–Trinajstić information content (AvgIpc) is 3.19. The molecule has 0 fully saturated rings. The molecule has 3 aromatic rings. The predicted molar refractivity (Wildman–Crippen MR) is 128 cm³/mol. The molecular formula is C24H30N4O5S. The fourth-order valence-electron chi connectivity index (χ4n) is 3.86. The molecule has 0 radical (unpaired) electrons. The Morgan fingerprint density at radius 2 is 1.91 bits per heavy atom. The molecule has 0 saturated carbocycles. The third kappa shape index (κ3) is 6.00. The van der Waals surface area contributed by atoms with Crippen LogP contribution in [0.5, 0.6) is 5.88 Å². The fraction of sp³-hybridized carbons (Fsp3) is 0.375. The first-order valence-corrected chi connectivity index (χ1v) is 12.6. The van der Waals surface area contributed by atoms with Gasteiger partial charge in [-0.1, -0.05) is 32.0 Å². The van der Waals surface area contributed by atoms with Crippen LogP contribution in [0.2, 0.25) is 0 Å². The van der Waals surface area contributed by atoms with Crippen LogP contribution in [0.15, 0.2) is 47.6 Å². The number of nitrogens with zero attached hydrogens (tertiary/aromatic N) is 3. The number of benzene rings is 1. The number of hydrogen-bond donors (Lipinski definition) is 2. The van der Waals surface area contributed by atoms with Gasteiger partial charge in [0.25, 0.3) is 10.0 Å². The summed E-state index contributed by atoms with van der Waals surface area (Å²) < 4.78 is 30.8. The second kappa shape index (κ2) is 10.4. The molecule has 0 aliphatic heterocycles. The summed E-state index contributed by atoms with van der Waals surface area (Å²) in [6, 6.07) is 10.8. The summed E-state index contributed by atoms with van der Waals surface area (Å²) in [4.78, 5) is 15.8. The summed E-state index contributed by atoms with van der Waals surface area (Å²) in [7, 11) is -3.90. The molecular weight excluding hydrogens is 456 g/mol. The summed E-state index contributed by atoms with van der Waals surface area (Å²) in [5.74, 6) is -0.323. The van der Waals surface area contributed by atoms with E-state index in [4.69, 9.17) is 9.88 Å². The van der Waals surface area contributed by atoms with Crippen molar-refractivity contribution in [2.24, 2.45) is 5.14 Å². The molecule has 0 unspecified atom stereocenters. The third-order valence-corrected chi connectivity index (χ3v) is 6.17. The van der Waals surface area contributed by atoms with Gasteiger partial charge in [-0.15, -0.1) is 0 Å². The minimum atomic E-state index is -3.90. The molecule has 1 aromatic carbocycles. The van der Waals surface area contributed by atoms with Crippen LogP contribution in [0.1, 0.15) is 56.5 Å². The summed E-state index contributed by atoms with van der Waals surface area (Å²) in [6.45, 7) is 8.11. The van der Waals surface area contributed by atoms with Crippen LogP contribution in [0, 0.1) is 0 Å². The van der Waals surface area contributed by atoms with Crippen LogP contribution in [0.25, 0.3) is 11.1 Å². The van der Waals surface area contributed by atoms with E-state index >= 15 is 0 Å². The van der Waals surface area contributed by atoms with Gasteiger partial charge in [0.1, 0.15) is 0 Å². The average molecular weight is 487 g/mol. The molecule has 0 aliphatic rings. The maximum atomic E-state index is 11.7. The Hall–Kier alpha value is -3.24. The van der Waals surface area contributed by atoms with E-state index < -0.39 is 16.0 Å². The SMILES string of the molecule is CC(C)c1cccc(-c2ccnc(OCCc3cc(S(N)(=O)=O)nn3C(C)C)c2)c1CC(=O)O. The van der Waals surface area contributed by atoms with Gasteiger partial charge in [0.05, 0.1) is 13.0 Å². The molecule has 3 N–H and O–H groups in total. The predicted octanol–water partition coefficient (Wildman–Crippen LogP) is 3.55. The first-order valence-electron chi connectivity index (χ1n) is 11.0. The first-order chi connectivity index (χ1) is 16.0. The largest absolute Gasteiger partial charge is 0.481 e. The van der Waals surface area contributed by atoms with Gasteiger partial charge in [0, 0.05) is 30.4 Å². The third-order valence-electron chi connectivity index (χ3n) is 5.39. The Kier molecular flexibility index (Phi) is 7.73. The van der Waals surface area contributed by atoms with Crippen LogP contribution in [0.3, 0.4) is 0 Å². The summed E-state index contributed by atoms with van der Waals surface area (Å²) in [5.41, 5.74) is 4.10. The molecule has 0 bridgehead atoms. The Labute approximate surface area is 199 Å². The molecule has 34 heavy (non-hydrogen) atoms. The number of aromatic nitrogens is 3. The molecule has 0 aliphatic carbocycles. The Balaban J connectivity index is 1.83. The molecule has 9 nitrogen and oxygen atoms in total. The highest BCUT2D eigenvalue weighted by molar-refractivity contribution is 7.89. The highest BCUT2D eigenvalue weighted by Gasteiger charge is 2.19. The highest BCUT2D eigenvalue weighted by Crippen LogP contribution is 2.32. The second-order valence-corrected chi connectivity index (χ2v) is 10.1. The van der Waals surface area contributed by atoms with Crippen LogP contribution in [-0.4, -0.2) is 40.9 Å². The molecule has 10 heteroatoms. The monoisotopic (exact) mass is 486 g/mol. The number of carbonyl (C=O) groups is 1. The lowest BCUT2D eigenvalue weighted by Crippen LogP contribution is -2.14. The number of rotatable bonds is 10. The van der Waals surface area contributed by atoms with E-state index in [-0.39, 0.29) is 30.0 Å². The Bertz CT molecular complexity index is 1280. The summed E-state index contributed by atoms with van der Waals surface area (Å²) >= 11 is 0. The van der Waals surface area contributed by atoms with Crippen LogP contribution >= 0.6 is 0 Å². The van der Waals surface area contributed by atoms with Gasteiger partial charge >= 0.3 is 5.97 Å². The zero-order valence-corrected chi connectivity index (χ0v) is 20.5. The van der Waals surface area contributed by atoms with Crippen LogP contribution in [0.4, 0.5) is 0 Å². The van der Waals surface area contributed by atoms with Crippen molar-refractivity contribution in [1.29, 1.82) is 0 Å². The summed E-state index contributed by atoms with van der Waals surface area (Å²) in [6.07, 6.45) is 1.95. The minimum Gasteiger partial charge on any atom is -0.481 e. The van der Waals surface area contributed by atoms with E-state index in [1.165, 1.54) is 6.07 Å². The number of pyridine rings is 1. The van der Waals surface area contributed by atoms with Crippen molar-refractivity contribution < 1.29 is 23.1 Å². The van der Waals surface area contributed by atoms with E-state index in [1.54, 1.807) is 16.9 Å². The molecule has 0 saturated heterocycles. The number of primary sulfonamides is 1. The molecule has 2 aromatic heterocycles. The maximum Gasteiger partial charge on any atom is 0.307 e. The van der Waals surface area contributed by atoms with Gasteiger partial charge in [-0.2, -0.15) is 5.10 Å². The molecule has 3 rings (SSSR count). The number of aliphatic carboxylic acids is 1. The van der Waals surface area contributed by atoms with Crippen molar-refractivity contribution >= 4 is 16.0 Å². The summed E-state index contributed by atoms with van der Waals surface area (Å²) in [5, 5.41) is 18.6. The number of sulfonamides is 1. The quantitative estimate of drug-likeness (QED) is 0.447. The number of nitrogens with two attached hydrogens (primary N) is 1. The highest BCUT2D eigenvalue weighted by atomic mass is 32.2. The number of carboxylic acid groups (broad SMARTS) is 1. The number of ether oxygens (including phenoxy) is 1. The van der Waals surface area contributed by atoms with Gasteiger partial charge in [0.2, 0.25) is 5.88 Å². The minimum absolute atomic E-state index is 0.0483. The van der Waals surface area contributed by atoms with Crippen molar-refractivity contribution in [2.75, 3.05) is 6.61 Å². The second-order valence-electron chi connectivity index (χ2n) is 8.64. The van der Waals surface area contributed by atoms with Gasteiger partial charge in [-0.3, -0.25) is 9.48 Å². The van der Waals surface area contributed by atoms with Crippen molar-refractivity contribution in [3.8, 4) is 17.0 Å². The first kappa shape index (κ1) is 25.4. The van der Waals surface area contributed by atoms with Gasteiger partial charge in [-0.25, -0.2) is 18.5 Å². The van der Waals surface area contributed by atoms with Crippen molar-refractivity contribution in [2.45, 2.75) is 57.5 Å². The van der Waals surface area contributed by atoms with Crippen LogP contribution in [-0.2, 0) is 27.7 Å². The lowest BCUT2D eigenvalue weighted by atomic mass is 9.89. The molecule has 2 heterocycles. The van der Waals surface area contributed by atoms with Gasteiger partial charge in [0.15, 0.2) is 5.03 Å². The Morgan fingerprint density at radius 3 is 2.53 bits per heavy atom. The van der Waals surface area contributed by atoms with E-state index in [0.717, 1.165) is 22.3 Å². The van der Waals surface area contributed by atoms with E-state index in [9.17, 15) is 18.3 Å². The van der Waals surface area contributed by atoms with Crippen molar-refractivity contribution in [3.05, 3.63) is 59.4 Å². The zero-order chi connectivity index (χ0) is 25.0. The van der Waals surface area contributed by atoms with E-state index in [1.807, 2.05) is 52.0 Å². The number of carboxylic acids is 1. The number of hydrogen-bond acceptors (Lipinski definition) is 6. The lowest BCUT2D eigenvalue weighted by molar-refractivity contribution is -0.136. The van der Waals surface area contributed by atoms with Crippen molar-refractivity contribution in [1.82, 2.24) is 14.8 Å². The van der Waals surface area contributed by atoms with E-state index in [2.05, 4.69) is 10.1 Å².